The van der Waals surface area contributed by atoms with E-state index in [1.165, 1.54) is 5.32 Å². The molecule has 0 saturated carbocycles. The molecule has 94 valence electrons. The van der Waals surface area contributed by atoms with Crippen LogP contribution in [-0.2, 0) is 9.59 Å². The van der Waals surface area contributed by atoms with Crippen molar-refractivity contribution in [2.45, 2.75) is 31.5 Å². The molecule has 3 N–H and O–H groups in total. The van der Waals surface area contributed by atoms with Crippen molar-refractivity contribution < 1.29 is 33.0 Å². The largest absolute Gasteiger partial charge is 0.480 e. The van der Waals surface area contributed by atoms with Crippen LogP contribution in [0.15, 0.2) is 0 Å². The Morgan fingerprint density at radius 3 is 2.19 bits per heavy atom. The number of aliphatic carboxylic acids is 1. The minimum atomic E-state index is -5.09. The summed E-state index contributed by atoms with van der Waals surface area (Å²) in [5.74, 6) is -3.81. The number of alkyl halides is 3. The molecule has 0 aliphatic heterocycles. The zero-order chi connectivity index (χ0) is 12.8. The Morgan fingerprint density at radius 1 is 1.25 bits per heavy atom. The maximum absolute atomic E-state index is 11.8. The van der Waals surface area contributed by atoms with Crippen molar-refractivity contribution in [3.05, 3.63) is 0 Å². The summed E-state index contributed by atoms with van der Waals surface area (Å²) in [5.41, 5.74) is 0. The van der Waals surface area contributed by atoms with Gasteiger partial charge in [-0.2, -0.15) is 13.2 Å². The molecule has 5 nitrogen and oxygen atoms in total. The summed E-state index contributed by atoms with van der Waals surface area (Å²) in [7, 11) is 0. The number of carbonyl (C=O) groups excluding carboxylic acids is 1. The van der Waals surface area contributed by atoms with Crippen LogP contribution in [0.4, 0.5) is 13.2 Å². The standard InChI is InChI=1S/C8H12F3NO4/c9-8(10,11)7(16)12-5(6(14)15)3-1-2-4-13/h5,13H,1-4H2,(H,12,16)(H,14,15). The van der Waals surface area contributed by atoms with E-state index in [1.807, 2.05) is 0 Å². The van der Waals surface area contributed by atoms with Gasteiger partial charge in [0.2, 0.25) is 0 Å². The molecular formula is C8H12F3NO4. The van der Waals surface area contributed by atoms with Crippen LogP contribution in [0, 0.1) is 0 Å². The zero-order valence-electron chi connectivity index (χ0n) is 8.25. The number of unbranched alkanes of at least 4 members (excludes halogenated alkanes) is 1. The van der Waals surface area contributed by atoms with Crippen LogP contribution in [0.2, 0.25) is 0 Å². The van der Waals surface area contributed by atoms with Gasteiger partial charge in [-0.05, 0) is 19.3 Å². The van der Waals surface area contributed by atoms with Crippen molar-refractivity contribution in [1.82, 2.24) is 5.32 Å². The number of nitrogens with one attached hydrogen (secondary N) is 1. The molecular weight excluding hydrogens is 231 g/mol. The maximum Gasteiger partial charge on any atom is 0.471 e. The summed E-state index contributed by atoms with van der Waals surface area (Å²) in [6.45, 7) is -0.181. The van der Waals surface area contributed by atoms with E-state index in [4.69, 9.17) is 10.2 Å². The van der Waals surface area contributed by atoms with Crippen molar-refractivity contribution in [2.75, 3.05) is 6.61 Å². The van der Waals surface area contributed by atoms with E-state index in [1.54, 1.807) is 0 Å². The molecule has 8 heteroatoms. The van der Waals surface area contributed by atoms with E-state index < -0.39 is 24.1 Å². The summed E-state index contributed by atoms with van der Waals surface area (Å²) in [4.78, 5) is 21.0. The van der Waals surface area contributed by atoms with Crippen LogP contribution in [0.3, 0.4) is 0 Å². The lowest BCUT2D eigenvalue weighted by Crippen LogP contribution is -2.46. The average molecular weight is 243 g/mol. The van der Waals surface area contributed by atoms with Gasteiger partial charge in [-0.15, -0.1) is 0 Å². The molecule has 1 amide bonds. The van der Waals surface area contributed by atoms with Gasteiger partial charge in [-0.25, -0.2) is 4.79 Å². The van der Waals surface area contributed by atoms with Gasteiger partial charge in [0.25, 0.3) is 0 Å². The lowest BCUT2D eigenvalue weighted by molar-refractivity contribution is -0.175. The SMILES string of the molecule is O=C(O)C(CCCCO)NC(=O)C(F)(F)F. The number of carbonyl (C=O) groups is 2. The highest BCUT2D eigenvalue weighted by atomic mass is 19.4. The predicted octanol–water partition coefficient (Wildman–Crippen LogP) is 0.281. The third-order valence-electron chi connectivity index (χ3n) is 1.76. The van der Waals surface area contributed by atoms with Gasteiger partial charge >= 0.3 is 18.1 Å². The Balaban J connectivity index is 4.24. The first-order valence-corrected chi connectivity index (χ1v) is 4.50. The average Bonchev–Trinajstić information content (AvgIpc) is 2.14. The van der Waals surface area contributed by atoms with Crippen LogP contribution in [0.5, 0.6) is 0 Å². The fourth-order valence-electron chi connectivity index (χ4n) is 0.958. The number of aliphatic hydroxyl groups excluding tert-OH is 1. The minimum Gasteiger partial charge on any atom is -0.480 e. The van der Waals surface area contributed by atoms with Gasteiger partial charge in [-0.3, -0.25) is 4.79 Å². The molecule has 0 aliphatic rings. The molecule has 1 atom stereocenters. The normalized spacial score (nSPS) is 13.2. The Kier molecular flexibility index (Phi) is 5.79. The van der Waals surface area contributed by atoms with Crippen molar-refractivity contribution in [3.8, 4) is 0 Å². The van der Waals surface area contributed by atoms with E-state index in [0.717, 1.165) is 0 Å². The number of amides is 1. The van der Waals surface area contributed by atoms with Gasteiger partial charge in [0.15, 0.2) is 0 Å². The van der Waals surface area contributed by atoms with Gasteiger partial charge in [0.05, 0.1) is 0 Å². The summed E-state index contributed by atoms with van der Waals surface area (Å²) in [6.07, 6.45) is -4.76. The minimum absolute atomic E-state index is 0.155. The molecule has 0 aromatic heterocycles. The van der Waals surface area contributed by atoms with Crippen LogP contribution < -0.4 is 5.32 Å². The molecule has 0 rings (SSSR count). The topological polar surface area (TPSA) is 86.6 Å². The van der Waals surface area contributed by atoms with Crippen molar-refractivity contribution in [2.24, 2.45) is 0 Å². The molecule has 1 unspecified atom stereocenters. The van der Waals surface area contributed by atoms with Crippen LogP contribution in [-0.4, -0.2) is 40.9 Å². The summed E-state index contributed by atoms with van der Waals surface area (Å²) < 4.78 is 35.4. The molecule has 0 bridgehead atoms. The third-order valence-corrected chi connectivity index (χ3v) is 1.76. The number of halogens is 3. The van der Waals surface area contributed by atoms with Gasteiger partial charge in [-0.1, -0.05) is 0 Å². The molecule has 0 radical (unpaired) electrons. The Morgan fingerprint density at radius 2 is 1.81 bits per heavy atom. The van der Waals surface area contributed by atoms with E-state index >= 15 is 0 Å². The van der Waals surface area contributed by atoms with E-state index in [-0.39, 0.29) is 25.9 Å². The highest BCUT2D eigenvalue weighted by Crippen LogP contribution is 2.15. The van der Waals surface area contributed by atoms with Crippen LogP contribution >= 0.6 is 0 Å². The second-order valence-electron chi connectivity index (χ2n) is 3.08. The highest BCUT2D eigenvalue weighted by molar-refractivity contribution is 5.86. The van der Waals surface area contributed by atoms with Gasteiger partial charge in [0, 0.05) is 6.61 Å². The Bertz CT molecular complexity index is 254. The van der Waals surface area contributed by atoms with Crippen LogP contribution in [0.1, 0.15) is 19.3 Å². The summed E-state index contributed by atoms with van der Waals surface area (Å²) in [5, 5.41) is 18.3. The highest BCUT2D eigenvalue weighted by Gasteiger charge is 2.40. The number of hydrogen-bond donors (Lipinski definition) is 3. The second kappa shape index (κ2) is 6.31. The predicted molar refractivity (Wildman–Crippen MR) is 46.6 cm³/mol. The van der Waals surface area contributed by atoms with Crippen molar-refractivity contribution in [1.29, 1.82) is 0 Å². The molecule has 0 heterocycles. The zero-order valence-corrected chi connectivity index (χ0v) is 8.25. The van der Waals surface area contributed by atoms with Gasteiger partial charge < -0.3 is 15.5 Å². The lowest BCUT2D eigenvalue weighted by Gasteiger charge is -2.15. The smallest absolute Gasteiger partial charge is 0.471 e. The third kappa shape index (κ3) is 5.54. The number of carboxylic acid groups (broad SMARTS) is 1. The fourth-order valence-corrected chi connectivity index (χ4v) is 0.958. The Hall–Kier alpha value is -1.31. The number of carboxylic acids is 1. The first-order chi connectivity index (χ1) is 7.29. The molecule has 0 aromatic carbocycles. The number of hydrogen-bond acceptors (Lipinski definition) is 3. The molecule has 16 heavy (non-hydrogen) atoms. The van der Waals surface area contributed by atoms with Crippen LogP contribution in [0.25, 0.3) is 0 Å². The molecule has 0 spiro atoms. The number of aliphatic hydroxyl groups is 1. The van der Waals surface area contributed by atoms with E-state index in [2.05, 4.69) is 0 Å². The molecule has 0 aromatic rings. The maximum atomic E-state index is 11.8. The quantitative estimate of drug-likeness (QED) is 0.585. The Labute approximate surface area is 89.3 Å². The number of rotatable bonds is 6. The lowest BCUT2D eigenvalue weighted by atomic mass is 10.1. The van der Waals surface area contributed by atoms with Crippen molar-refractivity contribution >= 4 is 11.9 Å². The fraction of sp³-hybridized carbons (Fsp3) is 0.750. The molecule has 0 saturated heterocycles. The molecule has 0 aliphatic carbocycles. The van der Waals surface area contributed by atoms with Gasteiger partial charge in [0.1, 0.15) is 6.04 Å². The monoisotopic (exact) mass is 243 g/mol. The van der Waals surface area contributed by atoms with Crippen molar-refractivity contribution in [3.63, 3.8) is 0 Å². The van der Waals surface area contributed by atoms with E-state index in [0.29, 0.717) is 0 Å². The first kappa shape index (κ1) is 14.7. The van der Waals surface area contributed by atoms with E-state index in [9.17, 15) is 22.8 Å². The first-order valence-electron chi connectivity index (χ1n) is 4.50. The molecule has 0 fully saturated rings. The summed E-state index contributed by atoms with van der Waals surface area (Å²) in [6, 6.07) is -1.58. The second-order valence-corrected chi connectivity index (χ2v) is 3.08. The summed E-state index contributed by atoms with van der Waals surface area (Å²) >= 11 is 0.